The summed E-state index contributed by atoms with van der Waals surface area (Å²) in [4.78, 5) is 12.4. The molecule has 0 saturated heterocycles. The average Bonchev–Trinajstić information content (AvgIpc) is 2.51. The van der Waals surface area contributed by atoms with E-state index in [0.717, 1.165) is 29.5 Å². The van der Waals surface area contributed by atoms with E-state index in [1.807, 2.05) is 63.2 Å². The number of carbonyl (C=O) groups is 1. The molecule has 2 aromatic carbocycles. The smallest absolute Gasteiger partial charge is 0.231 e. The molecule has 0 saturated carbocycles. The maximum atomic E-state index is 12.4. The first-order valence-corrected chi connectivity index (χ1v) is 8.93. The van der Waals surface area contributed by atoms with Crippen molar-refractivity contribution in [2.45, 2.75) is 33.6 Å². The Morgan fingerprint density at radius 1 is 1.04 bits per heavy atom. The van der Waals surface area contributed by atoms with E-state index in [1.165, 1.54) is 5.56 Å². The van der Waals surface area contributed by atoms with Gasteiger partial charge in [0.05, 0.1) is 5.56 Å². The molecule has 1 atom stereocenters. The van der Waals surface area contributed by atoms with Gasteiger partial charge in [-0.1, -0.05) is 48.0 Å². The second-order valence-corrected chi connectivity index (χ2v) is 6.94. The molecule has 0 heterocycles. The Balaban J connectivity index is 1.90. The minimum atomic E-state index is -2.33. The van der Waals surface area contributed by atoms with Crippen LogP contribution in [-0.4, -0.2) is 12.1 Å². The lowest BCUT2D eigenvalue weighted by Gasteiger charge is -2.04. The summed E-state index contributed by atoms with van der Waals surface area (Å²) >= 11 is 0. The number of hydrogen-bond acceptors (Lipinski definition) is 3. The molecule has 0 fully saturated rings. The quantitative estimate of drug-likeness (QED) is 0.521. The fourth-order valence-corrected chi connectivity index (χ4v) is 3.68. The Hall–Kier alpha value is -1.83. The highest BCUT2D eigenvalue weighted by Gasteiger charge is 2.34. The van der Waals surface area contributed by atoms with Gasteiger partial charge >= 0.3 is 13.6 Å². The maximum Gasteiger partial charge on any atom is 0.593 e. The van der Waals surface area contributed by atoms with Crippen molar-refractivity contribution >= 4 is 13.6 Å². The first-order chi connectivity index (χ1) is 11.0. The third-order valence-corrected chi connectivity index (χ3v) is 4.69. The molecule has 0 aromatic heterocycles. The van der Waals surface area contributed by atoms with E-state index in [0.29, 0.717) is 12.2 Å². The monoisotopic (exact) mass is 329 g/mol. The highest BCUT2D eigenvalue weighted by Crippen LogP contribution is 2.32. The van der Waals surface area contributed by atoms with Gasteiger partial charge in [-0.2, -0.15) is 0 Å². The van der Waals surface area contributed by atoms with Crippen LogP contribution in [0.25, 0.3) is 0 Å². The molecule has 23 heavy (non-hydrogen) atoms. The summed E-state index contributed by atoms with van der Waals surface area (Å²) in [6, 6.07) is 13.9. The zero-order chi connectivity index (χ0) is 16.8. The van der Waals surface area contributed by atoms with Crippen LogP contribution in [0.15, 0.2) is 42.5 Å². The Kier molecular flexibility index (Phi) is 6.20. The molecule has 0 aliphatic rings. The van der Waals surface area contributed by atoms with Gasteiger partial charge in [0, 0.05) is 0 Å². The number of carbonyl (C=O) groups excluding carboxylic acids is 1. The first-order valence-electron chi connectivity index (χ1n) is 7.75. The van der Waals surface area contributed by atoms with Crippen LogP contribution in [0.4, 0.5) is 0 Å². The van der Waals surface area contributed by atoms with Crippen LogP contribution in [0.1, 0.15) is 39.0 Å². The van der Waals surface area contributed by atoms with Crippen LogP contribution in [-0.2, 0) is 15.5 Å². The normalized spacial score (nSPS) is 11.3. The molecule has 0 bridgehead atoms. The van der Waals surface area contributed by atoms with Crippen LogP contribution < -0.4 is 0 Å². The van der Waals surface area contributed by atoms with Gasteiger partial charge in [-0.3, -0.25) is 0 Å². The number of benzene rings is 2. The summed E-state index contributed by atoms with van der Waals surface area (Å²) in [6.45, 7) is 6.03. The van der Waals surface area contributed by atoms with Crippen molar-refractivity contribution in [1.82, 2.24) is 0 Å². The van der Waals surface area contributed by atoms with Gasteiger partial charge in [-0.15, -0.1) is 4.52 Å². The van der Waals surface area contributed by atoms with Crippen LogP contribution in [0.5, 0.6) is 0 Å². The van der Waals surface area contributed by atoms with E-state index in [1.54, 1.807) is 0 Å². The van der Waals surface area contributed by atoms with Gasteiger partial charge in [0.25, 0.3) is 0 Å². The first kappa shape index (κ1) is 17.5. The lowest BCUT2D eigenvalue weighted by atomic mass is 10.0. The van der Waals surface area contributed by atoms with Crippen molar-refractivity contribution in [2.75, 3.05) is 6.61 Å². The van der Waals surface area contributed by atoms with Gasteiger partial charge in [-0.25, -0.2) is 4.79 Å². The Bertz CT molecular complexity index is 685. The summed E-state index contributed by atoms with van der Waals surface area (Å²) in [6.07, 6.45) is 1.59. The van der Waals surface area contributed by atoms with Crippen molar-refractivity contribution in [3.05, 3.63) is 70.3 Å². The Labute approximate surface area is 138 Å². The zero-order valence-corrected chi connectivity index (χ0v) is 14.7. The average molecular weight is 329 g/mol. The van der Waals surface area contributed by atoms with Crippen molar-refractivity contribution in [3.8, 4) is 0 Å². The molecular formula is C19H22O3P+. The van der Waals surface area contributed by atoms with Crippen LogP contribution in [0, 0.1) is 20.8 Å². The van der Waals surface area contributed by atoms with E-state index >= 15 is 0 Å². The summed E-state index contributed by atoms with van der Waals surface area (Å²) < 4.78 is 17.4. The number of aryl methyl sites for hydroxylation is 4. The maximum absolute atomic E-state index is 12.4. The Morgan fingerprint density at radius 2 is 1.65 bits per heavy atom. The van der Waals surface area contributed by atoms with Crippen molar-refractivity contribution in [2.24, 2.45) is 0 Å². The van der Waals surface area contributed by atoms with Crippen molar-refractivity contribution in [1.29, 1.82) is 0 Å². The molecule has 1 unspecified atom stereocenters. The Morgan fingerprint density at radius 3 is 2.26 bits per heavy atom. The van der Waals surface area contributed by atoms with E-state index < -0.39 is 13.6 Å². The summed E-state index contributed by atoms with van der Waals surface area (Å²) in [5.74, 6) is 0. The van der Waals surface area contributed by atoms with E-state index in [9.17, 15) is 9.36 Å². The number of hydrogen-bond donors (Lipinski definition) is 0. The summed E-state index contributed by atoms with van der Waals surface area (Å²) in [7, 11) is -2.33. The molecule has 2 rings (SSSR count). The lowest BCUT2D eigenvalue weighted by molar-refractivity contribution is 0.105. The van der Waals surface area contributed by atoms with Crippen LogP contribution >= 0.6 is 8.03 Å². The fraction of sp³-hybridized carbons (Fsp3) is 0.316. The fourth-order valence-electron chi connectivity index (χ4n) is 2.74. The molecule has 2 aromatic rings. The largest absolute Gasteiger partial charge is 0.593 e. The topological polar surface area (TPSA) is 43.4 Å². The second kappa shape index (κ2) is 8.14. The van der Waals surface area contributed by atoms with E-state index in [4.69, 9.17) is 4.52 Å². The van der Waals surface area contributed by atoms with Crippen molar-refractivity contribution < 1.29 is 13.9 Å². The van der Waals surface area contributed by atoms with Crippen LogP contribution in [0.3, 0.4) is 0 Å². The molecule has 0 radical (unpaired) electrons. The summed E-state index contributed by atoms with van der Waals surface area (Å²) in [5.41, 5.74) is 4.13. The van der Waals surface area contributed by atoms with Crippen molar-refractivity contribution in [3.63, 3.8) is 0 Å². The van der Waals surface area contributed by atoms with Gasteiger partial charge in [-0.05, 0) is 54.9 Å². The molecule has 120 valence electrons. The SMILES string of the molecule is Cc1cc(C)c(C(=O)[P+](=O)OCCCc2ccccc2)c(C)c1. The second-order valence-electron chi connectivity index (χ2n) is 5.76. The predicted molar refractivity (Wildman–Crippen MR) is 93.3 cm³/mol. The van der Waals surface area contributed by atoms with Gasteiger partial charge < -0.3 is 0 Å². The molecule has 0 amide bonds. The van der Waals surface area contributed by atoms with E-state index in [2.05, 4.69) is 0 Å². The molecule has 0 spiro atoms. The van der Waals surface area contributed by atoms with Crippen LogP contribution in [0.2, 0.25) is 0 Å². The predicted octanol–water partition coefficient (Wildman–Crippen LogP) is 5.14. The van der Waals surface area contributed by atoms with Gasteiger partial charge in [0.1, 0.15) is 6.61 Å². The third kappa shape index (κ3) is 4.82. The highest BCUT2D eigenvalue weighted by atomic mass is 31.1. The molecule has 0 aliphatic heterocycles. The number of rotatable bonds is 7. The third-order valence-electron chi connectivity index (χ3n) is 3.72. The lowest BCUT2D eigenvalue weighted by Crippen LogP contribution is -2.03. The molecule has 3 nitrogen and oxygen atoms in total. The minimum Gasteiger partial charge on any atom is -0.231 e. The summed E-state index contributed by atoms with van der Waals surface area (Å²) in [5, 5.41) is 0. The highest BCUT2D eigenvalue weighted by molar-refractivity contribution is 7.60. The molecule has 0 N–H and O–H groups in total. The zero-order valence-electron chi connectivity index (χ0n) is 13.8. The molecular weight excluding hydrogens is 307 g/mol. The minimum absolute atomic E-state index is 0.319. The molecule has 4 heteroatoms. The standard InChI is InChI=1S/C19H22O3P/c1-14-12-15(2)18(16(3)13-14)19(20)23(21)22-11-7-10-17-8-5-4-6-9-17/h4-6,8-9,12-13H,7,10-11H2,1-3H3/q+1. The van der Waals surface area contributed by atoms with E-state index in [-0.39, 0.29) is 0 Å². The molecule has 0 aliphatic carbocycles. The van der Waals surface area contributed by atoms with Gasteiger partial charge in [0.2, 0.25) is 0 Å². The van der Waals surface area contributed by atoms with Gasteiger partial charge in [0.15, 0.2) is 0 Å².